The Bertz CT molecular complexity index is 394. The quantitative estimate of drug-likeness (QED) is 0.796. The maximum atomic E-state index is 13.6. The Labute approximate surface area is 113 Å². The van der Waals surface area contributed by atoms with Crippen molar-refractivity contribution >= 4 is 0 Å². The molecule has 2 N–H and O–H groups in total. The van der Waals surface area contributed by atoms with Crippen molar-refractivity contribution in [3.8, 4) is 0 Å². The SMILES string of the molecule is CCC(CC)C(O)CNC(C)c1ccc(F)cc1F. The molecule has 19 heavy (non-hydrogen) atoms. The maximum absolute atomic E-state index is 13.6. The van der Waals surface area contributed by atoms with Crippen molar-refractivity contribution < 1.29 is 13.9 Å². The van der Waals surface area contributed by atoms with Gasteiger partial charge in [-0.3, -0.25) is 0 Å². The number of aliphatic hydroxyl groups excluding tert-OH is 1. The summed E-state index contributed by atoms with van der Waals surface area (Å²) in [7, 11) is 0. The largest absolute Gasteiger partial charge is 0.392 e. The summed E-state index contributed by atoms with van der Waals surface area (Å²) in [4.78, 5) is 0. The van der Waals surface area contributed by atoms with Crippen molar-refractivity contribution in [2.45, 2.75) is 45.8 Å². The minimum Gasteiger partial charge on any atom is -0.392 e. The Hall–Kier alpha value is -1.00. The van der Waals surface area contributed by atoms with Gasteiger partial charge < -0.3 is 10.4 Å². The third kappa shape index (κ3) is 4.55. The number of aliphatic hydroxyl groups is 1. The van der Waals surface area contributed by atoms with E-state index in [1.54, 1.807) is 6.92 Å². The Morgan fingerprint density at radius 2 is 1.84 bits per heavy atom. The molecular formula is C15H23F2NO. The molecule has 2 unspecified atom stereocenters. The summed E-state index contributed by atoms with van der Waals surface area (Å²) in [6, 6.07) is 3.30. The molecule has 0 aliphatic heterocycles. The Kier molecular flexibility index (Phi) is 6.38. The molecule has 1 aromatic carbocycles. The zero-order valence-electron chi connectivity index (χ0n) is 11.8. The normalized spacial score (nSPS) is 14.7. The van der Waals surface area contributed by atoms with Gasteiger partial charge in [-0.25, -0.2) is 8.78 Å². The van der Waals surface area contributed by atoms with E-state index in [9.17, 15) is 13.9 Å². The summed E-state index contributed by atoms with van der Waals surface area (Å²) in [6.45, 7) is 6.29. The van der Waals surface area contributed by atoms with Crippen LogP contribution in [0.2, 0.25) is 0 Å². The molecule has 0 aliphatic carbocycles. The molecule has 1 aromatic rings. The van der Waals surface area contributed by atoms with Crippen LogP contribution in [0.15, 0.2) is 18.2 Å². The highest BCUT2D eigenvalue weighted by molar-refractivity contribution is 5.21. The second kappa shape index (κ2) is 7.56. The van der Waals surface area contributed by atoms with E-state index in [0.29, 0.717) is 12.1 Å². The molecule has 0 saturated heterocycles. The van der Waals surface area contributed by atoms with Crippen LogP contribution in [0.5, 0.6) is 0 Å². The van der Waals surface area contributed by atoms with E-state index in [4.69, 9.17) is 0 Å². The summed E-state index contributed by atoms with van der Waals surface area (Å²) >= 11 is 0. The van der Waals surface area contributed by atoms with Gasteiger partial charge in [0.15, 0.2) is 0 Å². The lowest BCUT2D eigenvalue weighted by Crippen LogP contribution is -2.34. The van der Waals surface area contributed by atoms with Crippen LogP contribution in [-0.4, -0.2) is 17.8 Å². The lowest BCUT2D eigenvalue weighted by Gasteiger charge is -2.23. The molecule has 4 heteroatoms. The molecule has 0 aliphatic rings. The molecule has 2 nitrogen and oxygen atoms in total. The summed E-state index contributed by atoms with van der Waals surface area (Å²) in [5.74, 6) is -0.889. The smallest absolute Gasteiger partial charge is 0.130 e. The second-order valence-corrected chi connectivity index (χ2v) is 4.94. The predicted molar refractivity (Wildman–Crippen MR) is 72.9 cm³/mol. The van der Waals surface area contributed by atoms with Gasteiger partial charge in [0.2, 0.25) is 0 Å². The van der Waals surface area contributed by atoms with Gasteiger partial charge in [0.05, 0.1) is 6.10 Å². The molecule has 0 fully saturated rings. The minimum absolute atomic E-state index is 0.248. The highest BCUT2D eigenvalue weighted by Crippen LogP contribution is 2.18. The molecule has 0 amide bonds. The van der Waals surface area contributed by atoms with E-state index in [2.05, 4.69) is 5.32 Å². The first-order valence-electron chi connectivity index (χ1n) is 6.85. The van der Waals surface area contributed by atoms with Gasteiger partial charge in [0.25, 0.3) is 0 Å². The summed E-state index contributed by atoms with van der Waals surface area (Å²) in [6.07, 6.45) is 1.39. The first-order chi connectivity index (χ1) is 8.99. The van der Waals surface area contributed by atoms with Crippen LogP contribution in [-0.2, 0) is 0 Å². The number of benzene rings is 1. The second-order valence-electron chi connectivity index (χ2n) is 4.94. The van der Waals surface area contributed by atoms with E-state index in [1.807, 2.05) is 13.8 Å². The lowest BCUT2D eigenvalue weighted by molar-refractivity contribution is 0.0987. The topological polar surface area (TPSA) is 32.3 Å². The van der Waals surface area contributed by atoms with Crippen molar-refractivity contribution in [1.29, 1.82) is 0 Å². The minimum atomic E-state index is -0.578. The average molecular weight is 271 g/mol. The van der Waals surface area contributed by atoms with E-state index >= 15 is 0 Å². The number of hydrogen-bond donors (Lipinski definition) is 2. The highest BCUT2D eigenvalue weighted by Gasteiger charge is 2.17. The first kappa shape index (κ1) is 16.1. The van der Waals surface area contributed by atoms with Gasteiger partial charge in [0, 0.05) is 24.2 Å². The number of halogens is 2. The summed E-state index contributed by atoms with van der Waals surface area (Å²) < 4.78 is 26.4. The van der Waals surface area contributed by atoms with E-state index in [-0.39, 0.29) is 12.0 Å². The molecule has 108 valence electrons. The van der Waals surface area contributed by atoms with Crippen molar-refractivity contribution in [3.05, 3.63) is 35.4 Å². The highest BCUT2D eigenvalue weighted by atomic mass is 19.1. The summed E-state index contributed by atoms with van der Waals surface area (Å²) in [5.41, 5.74) is 0.415. The van der Waals surface area contributed by atoms with Gasteiger partial charge in [-0.05, 0) is 18.9 Å². The lowest BCUT2D eigenvalue weighted by atomic mass is 9.96. The monoisotopic (exact) mass is 271 g/mol. The number of rotatable bonds is 7. The fraction of sp³-hybridized carbons (Fsp3) is 0.600. The van der Waals surface area contributed by atoms with Gasteiger partial charge in [-0.15, -0.1) is 0 Å². The molecule has 1 rings (SSSR count). The van der Waals surface area contributed by atoms with Gasteiger partial charge >= 0.3 is 0 Å². The van der Waals surface area contributed by atoms with Crippen LogP contribution >= 0.6 is 0 Å². The van der Waals surface area contributed by atoms with E-state index < -0.39 is 17.7 Å². The Balaban J connectivity index is 2.57. The zero-order chi connectivity index (χ0) is 14.4. The van der Waals surface area contributed by atoms with Crippen LogP contribution < -0.4 is 5.32 Å². The molecule has 0 spiro atoms. The van der Waals surface area contributed by atoms with Crippen LogP contribution in [0.25, 0.3) is 0 Å². The Morgan fingerprint density at radius 1 is 1.21 bits per heavy atom. The molecular weight excluding hydrogens is 248 g/mol. The van der Waals surface area contributed by atoms with Crippen molar-refractivity contribution in [3.63, 3.8) is 0 Å². The van der Waals surface area contributed by atoms with Crippen molar-refractivity contribution in [1.82, 2.24) is 5.32 Å². The average Bonchev–Trinajstić information content (AvgIpc) is 2.37. The number of nitrogens with one attached hydrogen (secondary N) is 1. The molecule has 0 radical (unpaired) electrons. The van der Waals surface area contributed by atoms with Crippen LogP contribution in [0.1, 0.15) is 45.2 Å². The standard InChI is InChI=1S/C15H23F2NO/c1-4-11(5-2)15(19)9-18-10(3)13-7-6-12(16)8-14(13)17/h6-8,10-11,15,18-19H,4-5,9H2,1-3H3. The zero-order valence-corrected chi connectivity index (χ0v) is 11.8. The van der Waals surface area contributed by atoms with Gasteiger partial charge in [-0.2, -0.15) is 0 Å². The van der Waals surface area contributed by atoms with Crippen molar-refractivity contribution in [2.24, 2.45) is 5.92 Å². The van der Waals surface area contributed by atoms with Crippen LogP contribution in [0.4, 0.5) is 8.78 Å². The Morgan fingerprint density at radius 3 is 2.37 bits per heavy atom. The molecule has 2 atom stereocenters. The van der Waals surface area contributed by atoms with Crippen molar-refractivity contribution in [2.75, 3.05) is 6.54 Å². The van der Waals surface area contributed by atoms with Gasteiger partial charge in [-0.1, -0.05) is 32.8 Å². The maximum Gasteiger partial charge on any atom is 0.130 e. The van der Waals surface area contributed by atoms with Crippen LogP contribution in [0.3, 0.4) is 0 Å². The summed E-state index contributed by atoms with van der Waals surface area (Å²) in [5, 5.41) is 13.1. The molecule has 0 aromatic heterocycles. The fourth-order valence-electron chi connectivity index (χ4n) is 2.26. The molecule has 0 bridgehead atoms. The van der Waals surface area contributed by atoms with E-state index in [0.717, 1.165) is 18.9 Å². The fourth-order valence-corrected chi connectivity index (χ4v) is 2.26. The van der Waals surface area contributed by atoms with E-state index in [1.165, 1.54) is 12.1 Å². The number of hydrogen-bond acceptors (Lipinski definition) is 2. The van der Waals surface area contributed by atoms with Gasteiger partial charge in [0.1, 0.15) is 11.6 Å². The van der Waals surface area contributed by atoms with Crippen LogP contribution in [0, 0.1) is 17.6 Å². The predicted octanol–water partition coefficient (Wildman–Crippen LogP) is 3.41. The third-order valence-corrected chi connectivity index (χ3v) is 3.66. The molecule has 0 saturated carbocycles. The first-order valence-corrected chi connectivity index (χ1v) is 6.85. The third-order valence-electron chi connectivity index (χ3n) is 3.66. The molecule has 0 heterocycles.